The van der Waals surface area contributed by atoms with E-state index in [2.05, 4.69) is 0 Å². The Morgan fingerprint density at radius 1 is 1.00 bits per heavy atom. The van der Waals surface area contributed by atoms with Crippen LogP contribution in [0.1, 0.15) is 7.43 Å². The van der Waals surface area contributed by atoms with Gasteiger partial charge in [0.05, 0.1) is 0 Å². The van der Waals surface area contributed by atoms with Crippen LogP contribution in [0.4, 0.5) is 0 Å². The molecular formula is CH4CaFeNi. The van der Waals surface area contributed by atoms with Crippen LogP contribution in [0.3, 0.4) is 0 Å². The average Bonchev–Trinajstić information content (AvgIpc) is 0. The topological polar surface area (TPSA) is 0 Å². The van der Waals surface area contributed by atoms with Crippen molar-refractivity contribution in [2.75, 3.05) is 0 Å². The van der Waals surface area contributed by atoms with Gasteiger partial charge in [0.15, 0.2) is 0 Å². The number of rotatable bonds is 0. The Bertz CT molecular complexity index is 8.00. The molecule has 3 heteroatoms. The van der Waals surface area contributed by atoms with Crippen molar-refractivity contribution in [2.24, 2.45) is 0 Å². The molecule has 0 bridgehead atoms. The standard InChI is InChI=1S/CH4.Ca.Fe.Ni/h1H4;;;. The van der Waals surface area contributed by atoms with Gasteiger partial charge in [0.2, 0.25) is 0 Å². The van der Waals surface area contributed by atoms with Crippen LogP contribution in [-0.2, 0) is 33.6 Å². The molecule has 4 heavy (non-hydrogen) atoms. The minimum atomic E-state index is 0. The van der Waals surface area contributed by atoms with Gasteiger partial charge < -0.3 is 0 Å². The summed E-state index contributed by atoms with van der Waals surface area (Å²) in [4.78, 5) is 0. The van der Waals surface area contributed by atoms with Gasteiger partial charge in [0.25, 0.3) is 0 Å². The molecule has 0 aliphatic carbocycles. The summed E-state index contributed by atoms with van der Waals surface area (Å²) in [7, 11) is 0. The van der Waals surface area contributed by atoms with Gasteiger partial charge >= 0.3 is 0 Å². The predicted octanol–water partition coefficient (Wildman–Crippen LogP) is 0.250. The first-order valence-corrected chi connectivity index (χ1v) is 0. The quantitative estimate of drug-likeness (QED) is 0.458. The van der Waals surface area contributed by atoms with Gasteiger partial charge in [0, 0.05) is 71.3 Å². The summed E-state index contributed by atoms with van der Waals surface area (Å²) < 4.78 is 0. The fourth-order valence-corrected chi connectivity index (χ4v) is 0. The van der Waals surface area contributed by atoms with Crippen LogP contribution in [0.15, 0.2) is 0 Å². The van der Waals surface area contributed by atoms with Crippen molar-refractivity contribution in [1.29, 1.82) is 0 Å². The smallest absolute Gasteiger partial charge is 0 e. The van der Waals surface area contributed by atoms with Gasteiger partial charge in [-0.1, -0.05) is 7.43 Å². The summed E-state index contributed by atoms with van der Waals surface area (Å²) >= 11 is 0. The molecular weight excluding hydrogens is 167 g/mol. The Hall–Kier alpha value is 2.27. The summed E-state index contributed by atoms with van der Waals surface area (Å²) in [6.45, 7) is 0. The molecule has 0 N–H and O–H groups in total. The molecule has 0 unspecified atom stereocenters. The molecule has 0 aromatic carbocycles. The van der Waals surface area contributed by atoms with Gasteiger partial charge in [-0.25, -0.2) is 0 Å². The van der Waals surface area contributed by atoms with Crippen molar-refractivity contribution in [3.8, 4) is 0 Å². The maximum Gasteiger partial charge on any atom is 0 e. The molecule has 28 valence electrons. The second-order valence-electron chi connectivity index (χ2n) is 0. The fourth-order valence-electron chi connectivity index (χ4n) is 0. The summed E-state index contributed by atoms with van der Waals surface area (Å²) in [6, 6.07) is 0. The van der Waals surface area contributed by atoms with Crippen molar-refractivity contribution < 1.29 is 33.6 Å². The molecule has 0 saturated heterocycles. The molecule has 0 spiro atoms. The van der Waals surface area contributed by atoms with Crippen molar-refractivity contribution in [1.82, 2.24) is 0 Å². The molecule has 0 saturated carbocycles. The van der Waals surface area contributed by atoms with E-state index in [-0.39, 0.29) is 78.7 Å². The van der Waals surface area contributed by atoms with Gasteiger partial charge in [0.1, 0.15) is 0 Å². The molecule has 0 nitrogen and oxygen atoms in total. The van der Waals surface area contributed by atoms with Crippen LogP contribution in [0.25, 0.3) is 0 Å². The van der Waals surface area contributed by atoms with E-state index in [4.69, 9.17) is 0 Å². The SMILES string of the molecule is C.[Ca].[Fe].[Ni]. The van der Waals surface area contributed by atoms with Gasteiger partial charge in [-0.3, -0.25) is 0 Å². The molecule has 0 amide bonds. The number of hydrogen-bond donors (Lipinski definition) is 0. The fraction of sp³-hybridized carbons (Fsp3) is 1.00. The largest absolute Gasteiger partial charge is 0.0776 e. The molecule has 0 rings (SSSR count). The molecule has 0 aromatic rings. The maximum absolute atomic E-state index is 0. The first-order chi connectivity index (χ1) is 0. The molecule has 0 heterocycles. The van der Waals surface area contributed by atoms with E-state index in [9.17, 15) is 0 Å². The van der Waals surface area contributed by atoms with Gasteiger partial charge in [-0.2, -0.15) is 0 Å². The van der Waals surface area contributed by atoms with Crippen molar-refractivity contribution in [2.45, 2.75) is 7.43 Å². The zero-order valence-corrected chi connectivity index (χ0v) is 5.68. The Kier molecular flexibility index (Phi) is 157. The number of hydrogen-bond acceptors (Lipinski definition) is 0. The second kappa shape index (κ2) is 18.6. The summed E-state index contributed by atoms with van der Waals surface area (Å²) in [5.74, 6) is 0. The Balaban J connectivity index is 0. The monoisotopic (exact) mass is 170 g/mol. The van der Waals surface area contributed by atoms with E-state index in [0.29, 0.717) is 0 Å². The van der Waals surface area contributed by atoms with Crippen LogP contribution >= 0.6 is 0 Å². The summed E-state index contributed by atoms with van der Waals surface area (Å²) in [6.07, 6.45) is 0. The van der Waals surface area contributed by atoms with E-state index in [1.165, 1.54) is 0 Å². The summed E-state index contributed by atoms with van der Waals surface area (Å²) in [5, 5.41) is 0. The second-order valence-corrected chi connectivity index (χ2v) is 0. The average molecular weight is 171 g/mol. The predicted molar refractivity (Wildman–Crippen MR) is 12.5 cm³/mol. The Labute approximate surface area is 77.5 Å². The molecule has 0 fully saturated rings. The van der Waals surface area contributed by atoms with Crippen molar-refractivity contribution >= 4 is 37.7 Å². The van der Waals surface area contributed by atoms with Crippen LogP contribution in [-0.4, -0.2) is 37.7 Å². The van der Waals surface area contributed by atoms with Crippen LogP contribution < -0.4 is 0 Å². The Morgan fingerprint density at radius 2 is 1.00 bits per heavy atom. The van der Waals surface area contributed by atoms with Crippen LogP contribution in [0, 0.1) is 0 Å². The minimum absolute atomic E-state index is 0. The maximum atomic E-state index is 0. The summed E-state index contributed by atoms with van der Waals surface area (Å²) in [5.41, 5.74) is 0. The van der Waals surface area contributed by atoms with Crippen molar-refractivity contribution in [3.05, 3.63) is 0 Å². The molecule has 0 aromatic heterocycles. The van der Waals surface area contributed by atoms with E-state index in [0.717, 1.165) is 0 Å². The van der Waals surface area contributed by atoms with E-state index < -0.39 is 0 Å². The van der Waals surface area contributed by atoms with E-state index in [1.54, 1.807) is 0 Å². The third-order valence-electron chi connectivity index (χ3n) is 0. The van der Waals surface area contributed by atoms with Crippen LogP contribution in [0.5, 0.6) is 0 Å². The van der Waals surface area contributed by atoms with Crippen molar-refractivity contribution in [3.63, 3.8) is 0 Å². The van der Waals surface area contributed by atoms with Gasteiger partial charge in [-0.15, -0.1) is 0 Å². The zero-order chi connectivity index (χ0) is 0. The molecule has 2 radical (unpaired) electrons. The van der Waals surface area contributed by atoms with E-state index in [1.807, 2.05) is 0 Å². The Morgan fingerprint density at radius 3 is 1.00 bits per heavy atom. The third-order valence-corrected chi connectivity index (χ3v) is 0. The molecule has 0 atom stereocenters. The van der Waals surface area contributed by atoms with Gasteiger partial charge in [-0.05, 0) is 0 Å². The van der Waals surface area contributed by atoms with Crippen LogP contribution in [0.2, 0.25) is 0 Å². The first-order valence-electron chi connectivity index (χ1n) is 0. The third kappa shape index (κ3) is 8.86. The molecule has 0 aliphatic rings. The molecule has 0 aliphatic heterocycles. The van der Waals surface area contributed by atoms with E-state index >= 15 is 0 Å². The zero-order valence-electron chi connectivity index (χ0n) is 1.38. The normalized spacial score (nSPS) is 0. The minimum Gasteiger partial charge on any atom is -0.0776 e. The first kappa shape index (κ1) is 33.8.